The minimum Gasteiger partial charge on any atom is -0.493 e. The number of carbonyl (C=O) groups excluding carboxylic acids is 1. The third-order valence-corrected chi connectivity index (χ3v) is 5.60. The summed E-state index contributed by atoms with van der Waals surface area (Å²) in [6.07, 6.45) is 4.16. The number of hydrogen-bond donors (Lipinski definition) is 1. The van der Waals surface area contributed by atoms with Gasteiger partial charge in [0.15, 0.2) is 0 Å². The van der Waals surface area contributed by atoms with Gasteiger partial charge in [0.25, 0.3) is 5.91 Å². The average molecular weight is 402 g/mol. The van der Waals surface area contributed by atoms with E-state index >= 15 is 0 Å². The third-order valence-electron chi connectivity index (χ3n) is 5.60. The van der Waals surface area contributed by atoms with Crippen molar-refractivity contribution in [1.82, 2.24) is 10.2 Å². The quantitative estimate of drug-likeness (QED) is 0.650. The van der Waals surface area contributed by atoms with E-state index in [0.29, 0.717) is 26.4 Å². The number of amides is 1. The topological polar surface area (TPSA) is 73.2 Å². The Hall–Kier alpha value is -2.09. The summed E-state index contributed by atoms with van der Waals surface area (Å²) in [6, 6.07) is 6.17. The number of morpholine rings is 1. The number of carbonyl (C=O) groups is 1. The van der Waals surface area contributed by atoms with Crippen molar-refractivity contribution < 1.29 is 23.4 Å². The SMILES string of the molecule is COCCCOc1cc(C(C)N(C(=O)[C@H]2CNCCO2)C2CC2)cc2occc12. The highest BCUT2D eigenvalue weighted by Crippen LogP contribution is 2.38. The molecule has 2 heterocycles. The molecular weight excluding hydrogens is 372 g/mol. The van der Waals surface area contributed by atoms with Crippen molar-refractivity contribution in [2.75, 3.05) is 40.0 Å². The molecule has 1 N–H and O–H groups in total. The van der Waals surface area contributed by atoms with Gasteiger partial charge in [0, 0.05) is 39.3 Å². The first kappa shape index (κ1) is 20.2. The first-order valence-corrected chi connectivity index (χ1v) is 10.5. The van der Waals surface area contributed by atoms with Gasteiger partial charge in [-0.2, -0.15) is 0 Å². The molecule has 2 aromatic rings. The van der Waals surface area contributed by atoms with Gasteiger partial charge in [-0.1, -0.05) is 0 Å². The summed E-state index contributed by atoms with van der Waals surface area (Å²) in [5, 5.41) is 4.20. The first-order chi connectivity index (χ1) is 14.2. The van der Waals surface area contributed by atoms with Crippen molar-refractivity contribution in [2.24, 2.45) is 0 Å². The van der Waals surface area contributed by atoms with Crippen molar-refractivity contribution in [3.63, 3.8) is 0 Å². The Morgan fingerprint density at radius 1 is 1.34 bits per heavy atom. The Morgan fingerprint density at radius 2 is 2.21 bits per heavy atom. The fourth-order valence-corrected chi connectivity index (χ4v) is 3.90. The first-order valence-electron chi connectivity index (χ1n) is 10.5. The van der Waals surface area contributed by atoms with Gasteiger partial charge < -0.3 is 28.8 Å². The zero-order valence-electron chi connectivity index (χ0n) is 17.2. The number of furan rings is 1. The minimum atomic E-state index is -0.413. The molecule has 1 aromatic carbocycles. The lowest BCUT2D eigenvalue weighted by Gasteiger charge is -2.34. The van der Waals surface area contributed by atoms with E-state index in [9.17, 15) is 4.79 Å². The lowest BCUT2D eigenvalue weighted by atomic mass is 10.0. The van der Waals surface area contributed by atoms with Crippen molar-refractivity contribution >= 4 is 16.9 Å². The molecule has 0 radical (unpaired) electrons. The van der Waals surface area contributed by atoms with Crippen molar-refractivity contribution in [1.29, 1.82) is 0 Å². The third kappa shape index (κ3) is 4.57. The average Bonchev–Trinajstić information content (AvgIpc) is 3.46. The molecule has 4 rings (SSSR count). The summed E-state index contributed by atoms with van der Waals surface area (Å²) in [6.45, 7) is 5.23. The Morgan fingerprint density at radius 3 is 2.93 bits per heavy atom. The zero-order valence-corrected chi connectivity index (χ0v) is 17.2. The largest absolute Gasteiger partial charge is 0.493 e. The van der Waals surface area contributed by atoms with Crippen LogP contribution in [0, 0.1) is 0 Å². The number of ether oxygens (including phenoxy) is 3. The van der Waals surface area contributed by atoms with Crippen LogP contribution in [0.3, 0.4) is 0 Å². The predicted molar refractivity (Wildman–Crippen MR) is 109 cm³/mol. The van der Waals surface area contributed by atoms with Gasteiger partial charge in [0.2, 0.25) is 0 Å². The molecule has 0 spiro atoms. The lowest BCUT2D eigenvalue weighted by molar-refractivity contribution is -0.148. The van der Waals surface area contributed by atoms with Crippen LogP contribution in [0.25, 0.3) is 11.0 Å². The van der Waals surface area contributed by atoms with Crippen LogP contribution in [0.15, 0.2) is 28.9 Å². The molecule has 1 saturated heterocycles. The Kier molecular flexibility index (Phi) is 6.37. The number of benzene rings is 1. The number of methoxy groups -OCH3 is 1. The van der Waals surface area contributed by atoms with Crippen molar-refractivity contribution in [3.8, 4) is 5.75 Å². The lowest BCUT2D eigenvalue weighted by Crippen LogP contribution is -2.50. The van der Waals surface area contributed by atoms with E-state index in [-0.39, 0.29) is 18.0 Å². The van der Waals surface area contributed by atoms with E-state index in [1.54, 1.807) is 13.4 Å². The van der Waals surface area contributed by atoms with Crippen molar-refractivity contribution in [3.05, 3.63) is 30.0 Å². The van der Waals surface area contributed by atoms with Gasteiger partial charge in [-0.05, 0) is 43.5 Å². The minimum absolute atomic E-state index is 0.0642. The van der Waals surface area contributed by atoms with Crippen LogP contribution in [0.4, 0.5) is 0 Å². The number of nitrogens with zero attached hydrogens (tertiary/aromatic N) is 1. The molecular formula is C22H30N2O5. The summed E-state index contributed by atoms with van der Waals surface area (Å²) in [5.41, 5.74) is 1.79. The maximum absolute atomic E-state index is 13.2. The second kappa shape index (κ2) is 9.15. The van der Waals surface area contributed by atoms with Crippen molar-refractivity contribution in [2.45, 2.75) is 44.4 Å². The highest BCUT2D eigenvalue weighted by Gasteiger charge is 2.40. The molecule has 1 saturated carbocycles. The highest BCUT2D eigenvalue weighted by molar-refractivity contribution is 5.86. The predicted octanol–water partition coefficient (Wildman–Crippen LogP) is 2.89. The van der Waals surface area contributed by atoms with Crippen LogP contribution in [0.2, 0.25) is 0 Å². The van der Waals surface area contributed by atoms with E-state index in [4.69, 9.17) is 18.6 Å². The molecule has 2 atom stereocenters. The van der Waals surface area contributed by atoms with Gasteiger partial charge in [-0.3, -0.25) is 4.79 Å². The van der Waals surface area contributed by atoms with Gasteiger partial charge in [-0.15, -0.1) is 0 Å². The van der Waals surface area contributed by atoms with Gasteiger partial charge >= 0.3 is 0 Å². The number of nitrogens with one attached hydrogen (secondary N) is 1. The van der Waals surface area contributed by atoms with Crippen LogP contribution in [-0.2, 0) is 14.3 Å². The second-order valence-electron chi connectivity index (χ2n) is 7.76. The van der Waals surface area contributed by atoms with Crippen LogP contribution in [0.1, 0.15) is 37.8 Å². The Labute approximate surface area is 171 Å². The molecule has 158 valence electrons. The molecule has 2 fully saturated rings. The second-order valence-corrected chi connectivity index (χ2v) is 7.76. The standard InChI is InChI=1S/C22H30N2O5/c1-15(24(17-4-5-17)22(25)21-14-23-7-11-29-21)16-12-19(27-9-3-8-26-2)18-6-10-28-20(18)13-16/h6,10,12-13,15,17,21,23H,3-5,7-9,11,14H2,1-2H3/t15?,21-/m1/s1. The van der Waals surface area contributed by atoms with E-state index < -0.39 is 6.10 Å². The summed E-state index contributed by atoms with van der Waals surface area (Å²) in [5.74, 6) is 0.849. The van der Waals surface area contributed by atoms with Crippen LogP contribution in [-0.4, -0.2) is 63.0 Å². The van der Waals surface area contributed by atoms with Gasteiger partial charge in [-0.25, -0.2) is 0 Å². The summed E-state index contributed by atoms with van der Waals surface area (Å²) in [4.78, 5) is 15.2. The molecule has 29 heavy (non-hydrogen) atoms. The fourth-order valence-electron chi connectivity index (χ4n) is 3.90. The maximum Gasteiger partial charge on any atom is 0.253 e. The van der Waals surface area contributed by atoms with Gasteiger partial charge in [0.05, 0.1) is 30.9 Å². The number of fused-ring (bicyclic) bond motifs is 1. The highest BCUT2D eigenvalue weighted by atomic mass is 16.5. The molecule has 1 aromatic heterocycles. The van der Waals surface area contributed by atoms with Crippen LogP contribution in [0.5, 0.6) is 5.75 Å². The molecule has 1 amide bonds. The van der Waals surface area contributed by atoms with E-state index in [1.165, 1.54) is 0 Å². The summed E-state index contributed by atoms with van der Waals surface area (Å²) in [7, 11) is 1.69. The van der Waals surface area contributed by atoms with Gasteiger partial charge in [0.1, 0.15) is 17.4 Å². The van der Waals surface area contributed by atoms with E-state index in [0.717, 1.165) is 48.1 Å². The molecule has 7 heteroatoms. The molecule has 1 aliphatic heterocycles. The summed E-state index contributed by atoms with van der Waals surface area (Å²) >= 11 is 0. The molecule has 1 aliphatic carbocycles. The maximum atomic E-state index is 13.2. The zero-order chi connectivity index (χ0) is 20.2. The Balaban J connectivity index is 1.57. The molecule has 0 bridgehead atoms. The monoisotopic (exact) mass is 402 g/mol. The number of rotatable bonds is 9. The molecule has 2 aliphatic rings. The van der Waals surface area contributed by atoms with E-state index in [2.05, 4.69) is 12.2 Å². The molecule has 1 unspecified atom stereocenters. The van der Waals surface area contributed by atoms with E-state index in [1.807, 2.05) is 23.1 Å². The number of hydrogen-bond acceptors (Lipinski definition) is 6. The fraction of sp³-hybridized carbons (Fsp3) is 0.591. The summed E-state index contributed by atoms with van der Waals surface area (Å²) < 4.78 is 22.5. The van der Waals surface area contributed by atoms with Crippen LogP contribution >= 0.6 is 0 Å². The normalized spacial score (nSPS) is 20.6. The smallest absolute Gasteiger partial charge is 0.253 e. The Bertz CT molecular complexity index is 826. The van der Waals surface area contributed by atoms with Crippen LogP contribution < -0.4 is 10.1 Å². The molecule has 7 nitrogen and oxygen atoms in total.